The van der Waals surface area contributed by atoms with Crippen LogP contribution in [0.3, 0.4) is 0 Å². The number of rotatable bonds is 9. The monoisotopic (exact) mass is 458 g/mol. The largest absolute Gasteiger partial charge is 0.497 e. The van der Waals surface area contributed by atoms with Gasteiger partial charge >= 0.3 is 0 Å². The Morgan fingerprint density at radius 2 is 1.76 bits per heavy atom. The van der Waals surface area contributed by atoms with Gasteiger partial charge < -0.3 is 15.0 Å². The van der Waals surface area contributed by atoms with Gasteiger partial charge in [-0.25, -0.2) is 0 Å². The van der Waals surface area contributed by atoms with Crippen molar-refractivity contribution < 1.29 is 14.3 Å². The van der Waals surface area contributed by atoms with Crippen molar-refractivity contribution in [3.8, 4) is 5.75 Å². The number of methoxy groups -OCH3 is 1. The van der Waals surface area contributed by atoms with Gasteiger partial charge in [0.25, 0.3) is 0 Å². The van der Waals surface area contributed by atoms with Crippen LogP contribution >= 0.6 is 0 Å². The molecule has 2 amide bonds. The predicted molar refractivity (Wildman–Crippen MR) is 136 cm³/mol. The number of carbonyl (C=O) groups excluding carboxylic acids is 2. The lowest BCUT2D eigenvalue weighted by Crippen LogP contribution is -2.49. The molecule has 4 rings (SSSR count). The summed E-state index contributed by atoms with van der Waals surface area (Å²) in [7, 11) is 1.63. The number of amides is 2. The van der Waals surface area contributed by atoms with Crippen molar-refractivity contribution in [1.82, 2.24) is 10.2 Å². The van der Waals surface area contributed by atoms with Crippen molar-refractivity contribution in [2.24, 2.45) is 0 Å². The van der Waals surface area contributed by atoms with Gasteiger partial charge in [0.1, 0.15) is 11.8 Å². The lowest BCUT2D eigenvalue weighted by molar-refractivity contribution is -0.140. The van der Waals surface area contributed by atoms with E-state index in [1.807, 2.05) is 49.4 Å². The van der Waals surface area contributed by atoms with E-state index in [9.17, 15) is 9.59 Å². The zero-order valence-electron chi connectivity index (χ0n) is 20.1. The molecule has 1 aliphatic carbocycles. The molecular formula is C29H34N2O3. The second kappa shape index (κ2) is 11.2. The molecule has 0 saturated heterocycles. The fraction of sp³-hybridized carbons (Fsp3) is 0.379. The van der Waals surface area contributed by atoms with E-state index in [-0.39, 0.29) is 17.9 Å². The third-order valence-electron chi connectivity index (χ3n) is 6.84. The summed E-state index contributed by atoms with van der Waals surface area (Å²) >= 11 is 0. The molecule has 0 heterocycles. The van der Waals surface area contributed by atoms with Crippen molar-refractivity contribution in [3.63, 3.8) is 0 Å². The molecule has 0 bridgehead atoms. The number of benzene rings is 3. The molecule has 5 heteroatoms. The van der Waals surface area contributed by atoms with Crippen LogP contribution in [0.4, 0.5) is 0 Å². The van der Waals surface area contributed by atoms with Gasteiger partial charge in [0.05, 0.1) is 7.11 Å². The van der Waals surface area contributed by atoms with Crippen LogP contribution in [0.2, 0.25) is 0 Å². The quantitative estimate of drug-likeness (QED) is 0.476. The topological polar surface area (TPSA) is 58.6 Å². The maximum Gasteiger partial charge on any atom is 0.242 e. The summed E-state index contributed by atoms with van der Waals surface area (Å²) in [4.78, 5) is 28.3. The SMILES string of the molecule is COc1cccc(CN(C(=O)CCc2cccc3ccccc23)[C@H](C)C(=O)NC2CCCC2)c1. The van der Waals surface area contributed by atoms with E-state index in [0.29, 0.717) is 19.4 Å². The number of hydrogen-bond donors (Lipinski definition) is 1. The number of carbonyl (C=O) groups is 2. The van der Waals surface area contributed by atoms with Crippen molar-refractivity contribution in [1.29, 1.82) is 0 Å². The molecule has 0 aromatic heterocycles. The molecule has 5 nitrogen and oxygen atoms in total. The molecule has 1 fully saturated rings. The molecule has 3 aromatic carbocycles. The summed E-state index contributed by atoms with van der Waals surface area (Å²) in [6.07, 6.45) is 5.31. The maximum absolute atomic E-state index is 13.5. The van der Waals surface area contributed by atoms with E-state index >= 15 is 0 Å². The minimum atomic E-state index is -0.549. The van der Waals surface area contributed by atoms with E-state index in [2.05, 4.69) is 29.6 Å². The normalized spacial score (nSPS) is 14.6. The third-order valence-corrected chi connectivity index (χ3v) is 6.84. The summed E-state index contributed by atoms with van der Waals surface area (Å²) in [6.45, 7) is 2.20. The van der Waals surface area contributed by atoms with Gasteiger partial charge in [-0.3, -0.25) is 9.59 Å². The average molecular weight is 459 g/mol. The molecule has 34 heavy (non-hydrogen) atoms. The van der Waals surface area contributed by atoms with Gasteiger partial charge in [0, 0.05) is 19.0 Å². The highest BCUT2D eigenvalue weighted by atomic mass is 16.5. The number of nitrogens with zero attached hydrogens (tertiary/aromatic N) is 1. The van der Waals surface area contributed by atoms with Gasteiger partial charge in [-0.15, -0.1) is 0 Å². The highest BCUT2D eigenvalue weighted by Gasteiger charge is 2.28. The highest BCUT2D eigenvalue weighted by Crippen LogP contribution is 2.22. The van der Waals surface area contributed by atoms with Crippen molar-refractivity contribution in [3.05, 3.63) is 77.9 Å². The van der Waals surface area contributed by atoms with Crippen molar-refractivity contribution in [2.75, 3.05) is 7.11 Å². The number of hydrogen-bond acceptors (Lipinski definition) is 3. The Bertz CT molecular complexity index is 1130. The van der Waals surface area contributed by atoms with Crippen LogP contribution in [0.1, 0.15) is 50.2 Å². The van der Waals surface area contributed by atoms with Gasteiger partial charge in [-0.05, 0) is 60.2 Å². The molecule has 1 N–H and O–H groups in total. The number of aryl methyl sites for hydroxylation is 1. The number of ether oxygens (including phenoxy) is 1. The summed E-state index contributed by atoms with van der Waals surface area (Å²) in [5, 5.41) is 5.50. The zero-order valence-corrected chi connectivity index (χ0v) is 20.1. The van der Waals surface area contributed by atoms with Crippen molar-refractivity contribution in [2.45, 2.75) is 64.1 Å². The second-order valence-corrected chi connectivity index (χ2v) is 9.18. The molecule has 1 atom stereocenters. The molecule has 0 radical (unpaired) electrons. The van der Waals surface area contributed by atoms with E-state index in [1.54, 1.807) is 12.0 Å². The van der Waals surface area contributed by atoms with Crippen molar-refractivity contribution >= 4 is 22.6 Å². The second-order valence-electron chi connectivity index (χ2n) is 9.18. The predicted octanol–water partition coefficient (Wildman–Crippen LogP) is 5.26. The number of fused-ring (bicyclic) bond motifs is 1. The maximum atomic E-state index is 13.5. The molecule has 1 saturated carbocycles. The van der Waals surface area contributed by atoms with Crippen LogP contribution in [0.25, 0.3) is 10.8 Å². The van der Waals surface area contributed by atoms with E-state index in [0.717, 1.165) is 42.6 Å². The summed E-state index contributed by atoms with van der Waals surface area (Å²) < 4.78 is 5.36. The van der Waals surface area contributed by atoms with Gasteiger partial charge in [0.15, 0.2) is 0 Å². The molecule has 0 unspecified atom stereocenters. The van der Waals surface area contributed by atoms with Crippen LogP contribution in [0.15, 0.2) is 66.7 Å². The van der Waals surface area contributed by atoms with E-state index in [1.165, 1.54) is 10.8 Å². The van der Waals surface area contributed by atoms with Crippen LogP contribution in [0, 0.1) is 0 Å². The Labute approximate surface area is 202 Å². The van der Waals surface area contributed by atoms with Gasteiger partial charge in [-0.1, -0.05) is 67.4 Å². The first-order chi connectivity index (χ1) is 16.5. The highest BCUT2D eigenvalue weighted by molar-refractivity contribution is 5.89. The van der Waals surface area contributed by atoms with Crippen LogP contribution in [-0.2, 0) is 22.6 Å². The molecule has 1 aliphatic rings. The zero-order chi connectivity index (χ0) is 23.9. The Kier molecular flexibility index (Phi) is 7.84. The lowest BCUT2D eigenvalue weighted by Gasteiger charge is -2.30. The van der Waals surface area contributed by atoms with Crippen LogP contribution in [0.5, 0.6) is 5.75 Å². The summed E-state index contributed by atoms with van der Waals surface area (Å²) in [5.74, 6) is 0.641. The lowest BCUT2D eigenvalue weighted by atomic mass is 10.0. The number of nitrogens with one attached hydrogen (secondary N) is 1. The van der Waals surface area contributed by atoms with Crippen LogP contribution in [-0.4, -0.2) is 35.9 Å². The van der Waals surface area contributed by atoms with Crippen LogP contribution < -0.4 is 10.1 Å². The van der Waals surface area contributed by atoms with Gasteiger partial charge in [0.2, 0.25) is 11.8 Å². The molecule has 0 aliphatic heterocycles. The molecule has 178 valence electrons. The fourth-order valence-corrected chi connectivity index (χ4v) is 4.84. The summed E-state index contributed by atoms with van der Waals surface area (Å²) in [5.41, 5.74) is 2.09. The third kappa shape index (κ3) is 5.77. The molecule has 3 aromatic rings. The van der Waals surface area contributed by atoms with E-state index < -0.39 is 6.04 Å². The Morgan fingerprint density at radius 1 is 1.03 bits per heavy atom. The Morgan fingerprint density at radius 3 is 2.56 bits per heavy atom. The average Bonchev–Trinajstić information content (AvgIpc) is 3.38. The summed E-state index contributed by atoms with van der Waals surface area (Å²) in [6, 6.07) is 21.8. The minimum absolute atomic E-state index is 0.0233. The first-order valence-electron chi connectivity index (χ1n) is 12.2. The molecule has 0 spiro atoms. The molecular weight excluding hydrogens is 424 g/mol. The van der Waals surface area contributed by atoms with Gasteiger partial charge in [-0.2, -0.15) is 0 Å². The smallest absolute Gasteiger partial charge is 0.242 e. The fourth-order valence-electron chi connectivity index (χ4n) is 4.84. The first kappa shape index (κ1) is 23.8. The Balaban J connectivity index is 1.51. The standard InChI is InChI=1S/C29H34N2O3/c1-21(29(33)30-25-13-4-5-14-25)31(20-22-9-7-15-26(19-22)34-2)28(32)18-17-24-12-8-11-23-10-3-6-16-27(23)24/h3,6-12,15-16,19,21,25H,4-5,13-14,17-18,20H2,1-2H3,(H,30,33)/t21-/m1/s1. The minimum Gasteiger partial charge on any atom is -0.497 e. The first-order valence-corrected chi connectivity index (χ1v) is 12.2. The van der Waals surface area contributed by atoms with E-state index in [4.69, 9.17) is 4.74 Å². The Hall–Kier alpha value is -3.34.